The van der Waals surface area contributed by atoms with E-state index < -0.39 is 0 Å². The average Bonchev–Trinajstić information content (AvgIpc) is 3.35. The largest absolute Gasteiger partial charge is 0.357 e. The molecule has 9 heteroatoms. The highest BCUT2D eigenvalue weighted by Crippen LogP contribution is 2.20. The van der Waals surface area contributed by atoms with E-state index in [2.05, 4.69) is 25.8 Å². The van der Waals surface area contributed by atoms with Gasteiger partial charge in [-0.1, -0.05) is 11.6 Å². The molecule has 0 saturated carbocycles. The first kappa shape index (κ1) is 18.4. The second-order valence-corrected chi connectivity index (χ2v) is 7.37. The van der Waals surface area contributed by atoms with Crippen molar-refractivity contribution in [2.75, 3.05) is 13.1 Å². The monoisotopic (exact) mass is 400 g/mol. The fourth-order valence-electron chi connectivity index (χ4n) is 3.50. The molecule has 1 saturated heterocycles. The zero-order chi connectivity index (χ0) is 19.5. The van der Waals surface area contributed by atoms with Gasteiger partial charge in [0.2, 0.25) is 0 Å². The van der Waals surface area contributed by atoms with Gasteiger partial charge in [0.15, 0.2) is 0 Å². The van der Waals surface area contributed by atoms with E-state index in [0.29, 0.717) is 30.2 Å². The zero-order valence-electron chi connectivity index (χ0n) is 15.2. The standard InChI is InChI=1S/C19H21ClN6O2/c20-14-3-4-17-12(6-14)7-16(24-17)10-21-19(28)25-15-2-1-5-26(11-15)18(27)13-8-22-23-9-13/h3-4,6-9,15,24H,1-2,5,10-11H2,(H,22,23)(H2,21,25,28)/t15-/m1/s1. The van der Waals surface area contributed by atoms with E-state index in [1.54, 1.807) is 11.1 Å². The van der Waals surface area contributed by atoms with Crippen LogP contribution in [0.3, 0.4) is 0 Å². The molecule has 1 aromatic carbocycles. The van der Waals surface area contributed by atoms with Crippen molar-refractivity contribution in [3.8, 4) is 0 Å². The number of halogens is 1. The third kappa shape index (κ3) is 4.12. The molecule has 1 fully saturated rings. The number of carbonyl (C=O) groups excluding carboxylic acids is 2. The zero-order valence-corrected chi connectivity index (χ0v) is 15.9. The van der Waals surface area contributed by atoms with Crippen LogP contribution in [0.2, 0.25) is 5.02 Å². The summed E-state index contributed by atoms with van der Waals surface area (Å²) in [6.07, 6.45) is 4.78. The number of H-pyrrole nitrogens is 2. The summed E-state index contributed by atoms with van der Waals surface area (Å²) < 4.78 is 0. The lowest BCUT2D eigenvalue weighted by molar-refractivity contribution is 0.0697. The lowest BCUT2D eigenvalue weighted by atomic mass is 10.1. The van der Waals surface area contributed by atoms with Crippen molar-refractivity contribution in [1.82, 2.24) is 30.7 Å². The van der Waals surface area contributed by atoms with Gasteiger partial charge in [-0.2, -0.15) is 5.10 Å². The summed E-state index contributed by atoms with van der Waals surface area (Å²) in [5, 5.41) is 14.0. The van der Waals surface area contributed by atoms with Crippen LogP contribution in [0.5, 0.6) is 0 Å². The molecule has 0 spiro atoms. The van der Waals surface area contributed by atoms with Crippen molar-refractivity contribution in [1.29, 1.82) is 0 Å². The molecule has 28 heavy (non-hydrogen) atoms. The van der Waals surface area contributed by atoms with E-state index in [1.807, 2.05) is 24.3 Å². The van der Waals surface area contributed by atoms with Crippen molar-refractivity contribution in [3.63, 3.8) is 0 Å². The molecular formula is C19H21ClN6O2. The maximum Gasteiger partial charge on any atom is 0.315 e. The van der Waals surface area contributed by atoms with Gasteiger partial charge in [0.1, 0.15) is 0 Å². The van der Waals surface area contributed by atoms with Crippen LogP contribution >= 0.6 is 11.6 Å². The fourth-order valence-corrected chi connectivity index (χ4v) is 3.68. The average molecular weight is 401 g/mol. The van der Waals surface area contributed by atoms with Crippen LogP contribution in [0.4, 0.5) is 4.79 Å². The molecule has 3 aromatic rings. The van der Waals surface area contributed by atoms with Crippen LogP contribution in [-0.4, -0.2) is 51.2 Å². The van der Waals surface area contributed by atoms with Crippen molar-refractivity contribution in [2.45, 2.75) is 25.4 Å². The molecule has 2 aromatic heterocycles. The van der Waals surface area contributed by atoms with E-state index in [-0.39, 0.29) is 18.0 Å². The number of fused-ring (bicyclic) bond motifs is 1. The summed E-state index contributed by atoms with van der Waals surface area (Å²) in [5.74, 6) is -0.0719. The minimum Gasteiger partial charge on any atom is -0.357 e. The summed E-state index contributed by atoms with van der Waals surface area (Å²) in [5.41, 5.74) is 2.40. The number of aromatic amines is 2. The maximum absolute atomic E-state index is 12.4. The molecule has 3 heterocycles. The van der Waals surface area contributed by atoms with Crippen LogP contribution in [0.1, 0.15) is 28.9 Å². The first-order valence-corrected chi connectivity index (χ1v) is 9.56. The van der Waals surface area contributed by atoms with Gasteiger partial charge in [-0.15, -0.1) is 0 Å². The van der Waals surface area contributed by atoms with E-state index in [0.717, 1.165) is 29.4 Å². The highest BCUT2D eigenvalue weighted by molar-refractivity contribution is 6.31. The number of urea groups is 1. The second-order valence-electron chi connectivity index (χ2n) is 6.93. The third-order valence-corrected chi connectivity index (χ3v) is 5.10. The third-order valence-electron chi connectivity index (χ3n) is 4.87. The Bertz CT molecular complexity index is 984. The van der Waals surface area contributed by atoms with E-state index in [4.69, 9.17) is 11.6 Å². The van der Waals surface area contributed by atoms with Gasteiger partial charge in [0.05, 0.1) is 18.3 Å². The molecule has 0 aliphatic carbocycles. The minimum absolute atomic E-state index is 0.0719. The van der Waals surface area contributed by atoms with Gasteiger partial charge in [-0.3, -0.25) is 9.89 Å². The van der Waals surface area contributed by atoms with Crippen molar-refractivity contribution in [3.05, 3.63) is 52.9 Å². The number of amides is 3. The van der Waals surface area contributed by atoms with E-state index in [1.165, 1.54) is 6.20 Å². The van der Waals surface area contributed by atoms with Gasteiger partial charge in [0.25, 0.3) is 5.91 Å². The van der Waals surface area contributed by atoms with E-state index in [9.17, 15) is 9.59 Å². The number of nitrogens with one attached hydrogen (secondary N) is 4. The number of piperidine rings is 1. The smallest absolute Gasteiger partial charge is 0.315 e. The SMILES string of the molecule is O=C(NCc1cc2cc(Cl)ccc2[nH]1)N[C@@H]1CCCN(C(=O)c2cn[nH]c2)C1. The minimum atomic E-state index is -0.251. The fraction of sp³-hybridized carbons (Fsp3) is 0.316. The number of nitrogens with zero attached hydrogens (tertiary/aromatic N) is 2. The number of carbonyl (C=O) groups is 2. The van der Waals surface area contributed by atoms with Crippen molar-refractivity contribution in [2.24, 2.45) is 0 Å². The molecule has 0 bridgehead atoms. The molecule has 1 aliphatic rings. The maximum atomic E-state index is 12.4. The Morgan fingerprint density at radius 1 is 1.32 bits per heavy atom. The molecule has 0 radical (unpaired) electrons. The predicted molar refractivity (Wildman–Crippen MR) is 106 cm³/mol. The van der Waals surface area contributed by atoms with E-state index >= 15 is 0 Å². The summed E-state index contributed by atoms with van der Waals surface area (Å²) in [4.78, 5) is 29.7. The first-order chi connectivity index (χ1) is 13.6. The normalized spacial score (nSPS) is 16.9. The highest BCUT2D eigenvalue weighted by Gasteiger charge is 2.25. The molecule has 8 nitrogen and oxygen atoms in total. The summed E-state index contributed by atoms with van der Waals surface area (Å²) in [6, 6.07) is 7.25. The van der Waals surface area contributed by atoms with Gasteiger partial charge in [0, 0.05) is 46.9 Å². The number of hydrogen-bond donors (Lipinski definition) is 4. The molecule has 1 atom stereocenters. The number of benzene rings is 1. The van der Waals surface area contributed by atoms with Crippen LogP contribution < -0.4 is 10.6 Å². The van der Waals surface area contributed by atoms with Crippen LogP contribution in [0.15, 0.2) is 36.7 Å². The Morgan fingerprint density at radius 3 is 3.04 bits per heavy atom. The summed E-state index contributed by atoms with van der Waals surface area (Å²) >= 11 is 6.00. The van der Waals surface area contributed by atoms with Gasteiger partial charge >= 0.3 is 6.03 Å². The summed E-state index contributed by atoms with van der Waals surface area (Å²) in [6.45, 7) is 1.55. The number of rotatable bonds is 4. The van der Waals surface area contributed by atoms with Crippen LogP contribution in [-0.2, 0) is 6.54 Å². The first-order valence-electron chi connectivity index (χ1n) is 9.18. The number of hydrogen-bond acceptors (Lipinski definition) is 3. The Balaban J connectivity index is 1.29. The van der Waals surface area contributed by atoms with Crippen molar-refractivity contribution < 1.29 is 9.59 Å². The molecule has 4 rings (SSSR count). The molecule has 146 valence electrons. The van der Waals surface area contributed by atoms with Gasteiger partial charge in [-0.05, 0) is 37.1 Å². The van der Waals surface area contributed by atoms with Crippen molar-refractivity contribution >= 4 is 34.4 Å². The molecule has 0 unspecified atom stereocenters. The van der Waals surface area contributed by atoms with Gasteiger partial charge < -0.3 is 20.5 Å². The molecule has 1 aliphatic heterocycles. The highest BCUT2D eigenvalue weighted by atomic mass is 35.5. The molecule has 4 N–H and O–H groups in total. The Hall–Kier alpha value is -3.00. The van der Waals surface area contributed by atoms with Crippen LogP contribution in [0, 0.1) is 0 Å². The molecular weight excluding hydrogens is 380 g/mol. The lowest BCUT2D eigenvalue weighted by Crippen LogP contribution is -2.51. The summed E-state index contributed by atoms with van der Waals surface area (Å²) in [7, 11) is 0. The van der Waals surface area contributed by atoms with Gasteiger partial charge in [-0.25, -0.2) is 4.79 Å². The second kappa shape index (κ2) is 7.93. The number of aromatic nitrogens is 3. The lowest BCUT2D eigenvalue weighted by Gasteiger charge is -2.33. The quantitative estimate of drug-likeness (QED) is 0.541. The predicted octanol–water partition coefficient (Wildman–Crippen LogP) is 2.65. The Labute approximate surface area is 166 Å². The Kier molecular flexibility index (Phi) is 5.21. The topological polar surface area (TPSA) is 106 Å². The Morgan fingerprint density at radius 2 is 2.21 bits per heavy atom. The van der Waals surface area contributed by atoms with Crippen LogP contribution in [0.25, 0.3) is 10.9 Å². The number of likely N-dealkylation sites (tertiary alicyclic amines) is 1. The molecule has 3 amide bonds.